The Bertz CT molecular complexity index is 471. The number of carbonyl (C=O) groups excluding carboxylic acids is 2. The van der Waals surface area contributed by atoms with Crippen molar-refractivity contribution in [3.05, 3.63) is 0 Å². The molecule has 2 bridgehead atoms. The summed E-state index contributed by atoms with van der Waals surface area (Å²) in [5.41, 5.74) is -0.515. The third kappa shape index (κ3) is 3.19. The summed E-state index contributed by atoms with van der Waals surface area (Å²) in [6.07, 6.45) is 8.37. The zero-order valence-corrected chi connectivity index (χ0v) is 14.8. The lowest BCUT2D eigenvalue weighted by Gasteiger charge is -2.34. The van der Waals surface area contributed by atoms with E-state index in [0.29, 0.717) is 12.5 Å². The highest BCUT2D eigenvalue weighted by Crippen LogP contribution is 2.52. The molecule has 0 aromatic rings. The molecule has 1 amide bonds. The molecule has 0 spiro atoms. The minimum atomic E-state index is -0.390. The van der Waals surface area contributed by atoms with Gasteiger partial charge < -0.3 is 10.1 Å². The number of Topliss-reactive ketones (excluding diaryl/α,β-unsaturated/α-hetero) is 1. The Hall–Kier alpha value is -0.900. The summed E-state index contributed by atoms with van der Waals surface area (Å²) in [6, 6.07) is -0.301. The first-order valence-corrected chi connectivity index (χ1v) is 9.34. The van der Waals surface area contributed by atoms with Gasteiger partial charge in [0.15, 0.2) is 5.78 Å². The molecule has 3 fully saturated rings. The SMILES string of the molecule is CC(C)C(=O)C(NC(=O)C12CCC(C)(C1)OC2)C1CCCCC1. The lowest BCUT2D eigenvalue weighted by atomic mass is 9.79. The van der Waals surface area contributed by atoms with Crippen LogP contribution >= 0.6 is 0 Å². The summed E-state index contributed by atoms with van der Waals surface area (Å²) in [7, 11) is 0. The van der Waals surface area contributed by atoms with Gasteiger partial charge in [0.1, 0.15) is 0 Å². The molecule has 23 heavy (non-hydrogen) atoms. The molecule has 3 rings (SSSR count). The van der Waals surface area contributed by atoms with Gasteiger partial charge in [0.05, 0.1) is 23.7 Å². The molecule has 4 nitrogen and oxygen atoms in total. The van der Waals surface area contributed by atoms with Crippen LogP contribution in [0.5, 0.6) is 0 Å². The molecule has 4 heteroatoms. The first-order valence-electron chi connectivity index (χ1n) is 9.34. The number of ether oxygens (including phenoxy) is 1. The van der Waals surface area contributed by atoms with Crippen molar-refractivity contribution >= 4 is 11.7 Å². The van der Waals surface area contributed by atoms with E-state index in [-0.39, 0.29) is 34.7 Å². The van der Waals surface area contributed by atoms with Gasteiger partial charge in [-0.1, -0.05) is 33.1 Å². The number of hydrogen-bond acceptors (Lipinski definition) is 3. The fourth-order valence-electron chi connectivity index (χ4n) is 4.76. The number of amides is 1. The summed E-state index contributed by atoms with van der Waals surface area (Å²) in [6.45, 7) is 6.50. The first kappa shape index (κ1) is 16.9. The molecule has 2 aliphatic carbocycles. The highest BCUT2D eigenvalue weighted by molar-refractivity contribution is 5.92. The first-order chi connectivity index (χ1) is 10.9. The van der Waals surface area contributed by atoms with E-state index in [2.05, 4.69) is 12.2 Å². The zero-order valence-electron chi connectivity index (χ0n) is 14.8. The van der Waals surface area contributed by atoms with Crippen LogP contribution in [0, 0.1) is 17.3 Å². The monoisotopic (exact) mass is 321 g/mol. The molecule has 0 aromatic heterocycles. The number of nitrogens with one attached hydrogen (secondary N) is 1. The second-order valence-corrected chi connectivity index (χ2v) is 8.60. The largest absolute Gasteiger partial charge is 0.374 e. The summed E-state index contributed by atoms with van der Waals surface area (Å²) in [5.74, 6) is 0.534. The molecule has 0 radical (unpaired) electrons. The summed E-state index contributed by atoms with van der Waals surface area (Å²) >= 11 is 0. The quantitative estimate of drug-likeness (QED) is 0.846. The maximum atomic E-state index is 13.0. The van der Waals surface area contributed by atoms with Crippen LogP contribution in [0.25, 0.3) is 0 Å². The molecule has 3 unspecified atom stereocenters. The minimum absolute atomic E-state index is 0.0339. The van der Waals surface area contributed by atoms with E-state index >= 15 is 0 Å². The van der Waals surface area contributed by atoms with Gasteiger partial charge in [-0.3, -0.25) is 9.59 Å². The van der Waals surface area contributed by atoms with Crippen LogP contribution in [0.1, 0.15) is 72.1 Å². The number of rotatable bonds is 5. The van der Waals surface area contributed by atoms with Crippen molar-refractivity contribution in [3.63, 3.8) is 0 Å². The van der Waals surface area contributed by atoms with Gasteiger partial charge in [-0.05, 0) is 44.9 Å². The van der Waals surface area contributed by atoms with E-state index in [0.717, 1.165) is 32.1 Å². The van der Waals surface area contributed by atoms with Gasteiger partial charge >= 0.3 is 0 Å². The predicted octanol–water partition coefficient (Wildman–Crippen LogP) is 3.24. The van der Waals surface area contributed by atoms with Crippen molar-refractivity contribution in [1.29, 1.82) is 0 Å². The Labute approximate surface area is 139 Å². The van der Waals surface area contributed by atoms with E-state index < -0.39 is 0 Å². The number of fused-ring (bicyclic) bond motifs is 2. The molecule has 1 heterocycles. The van der Waals surface area contributed by atoms with Crippen molar-refractivity contribution in [2.75, 3.05) is 6.61 Å². The highest BCUT2D eigenvalue weighted by Gasteiger charge is 2.57. The van der Waals surface area contributed by atoms with Crippen LogP contribution in [0.2, 0.25) is 0 Å². The zero-order chi connectivity index (χ0) is 16.7. The molecule has 1 N–H and O–H groups in total. The van der Waals surface area contributed by atoms with Gasteiger partial charge in [0.25, 0.3) is 0 Å². The Morgan fingerprint density at radius 1 is 1.13 bits per heavy atom. The van der Waals surface area contributed by atoms with Crippen LogP contribution in [0.15, 0.2) is 0 Å². The van der Waals surface area contributed by atoms with Crippen LogP contribution in [0.3, 0.4) is 0 Å². The molecule has 3 aliphatic rings. The van der Waals surface area contributed by atoms with Crippen molar-refractivity contribution in [1.82, 2.24) is 5.32 Å². The molecule has 1 saturated heterocycles. The maximum absolute atomic E-state index is 13.0. The number of ketones is 1. The van der Waals surface area contributed by atoms with Gasteiger partial charge in [-0.2, -0.15) is 0 Å². The second-order valence-electron chi connectivity index (χ2n) is 8.60. The average Bonchev–Trinajstić information content (AvgIpc) is 3.07. The van der Waals surface area contributed by atoms with E-state index in [1.54, 1.807) is 0 Å². The molecule has 3 atom stereocenters. The Morgan fingerprint density at radius 2 is 1.83 bits per heavy atom. The summed E-state index contributed by atoms with van der Waals surface area (Å²) in [4.78, 5) is 25.7. The van der Waals surface area contributed by atoms with E-state index in [4.69, 9.17) is 4.74 Å². The minimum Gasteiger partial charge on any atom is -0.374 e. The van der Waals surface area contributed by atoms with E-state index in [1.165, 1.54) is 19.3 Å². The van der Waals surface area contributed by atoms with E-state index in [1.807, 2.05) is 13.8 Å². The third-order valence-electron chi connectivity index (χ3n) is 6.31. The molecular weight excluding hydrogens is 290 g/mol. The summed E-state index contributed by atoms with van der Waals surface area (Å²) in [5, 5.41) is 3.18. The second kappa shape index (κ2) is 6.19. The van der Waals surface area contributed by atoms with Crippen LogP contribution < -0.4 is 5.32 Å². The molecule has 1 aliphatic heterocycles. The van der Waals surface area contributed by atoms with Crippen molar-refractivity contribution in [3.8, 4) is 0 Å². The highest BCUT2D eigenvalue weighted by atomic mass is 16.5. The Balaban J connectivity index is 1.73. The predicted molar refractivity (Wildman–Crippen MR) is 89.0 cm³/mol. The number of carbonyl (C=O) groups is 2. The fourth-order valence-corrected chi connectivity index (χ4v) is 4.76. The summed E-state index contributed by atoms with van der Waals surface area (Å²) < 4.78 is 5.85. The molecular formula is C19H31NO3. The van der Waals surface area contributed by atoms with Crippen molar-refractivity contribution < 1.29 is 14.3 Å². The van der Waals surface area contributed by atoms with Gasteiger partial charge in [0, 0.05) is 5.92 Å². The average molecular weight is 321 g/mol. The Kier molecular flexibility index (Phi) is 4.56. The fraction of sp³-hybridized carbons (Fsp3) is 0.895. The molecule has 130 valence electrons. The van der Waals surface area contributed by atoms with Crippen LogP contribution in [0.4, 0.5) is 0 Å². The van der Waals surface area contributed by atoms with Crippen LogP contribution in [-0.4, -0.2) is 29.9 Å². The topological polar surface area (TPSA) is 55.4 Å². The lowest BCUT2D eigenvalue weighted by molar-refractivity contribution is -0.138. The van der Waals surface area contributed by atoms with E-state index in [9.17, 15) is 9.59 Å². The smallest absolute Gasteiger partial charge is 0.229 e. The Morgan fingerprint density at radius 3 is 2.30 bits per heavy atom. The van der Waals surface area contributed by atoms with Gasteiger partial charge in [-0.25, -0.2) is 0 Å². The standard InChI is InChI=1S/C19H31NO3/c1-13(2)16(21)15(14-7-5-4-6-8-14)20-17(22)19-10-9-18(3,11-19)23-12-19/h13-15H,4-12H2,1-3H3,(H,20,22). The molecule has 2 saturated carbocycles. The van der Waals surface area contributed by atoms with Gasteiger partial charge in [0.2, 0.25) is 5.91 Å². The number of hydrogen-bond donors (Lipinski definition) is 1. The molecule has 0 aromatic carbocycles. The van der Waals surface area contributed by atoms with Crippen molar-refractivity contribution in [2.24, 2.45) is 17.3 Å². The normalized spacial score (nSPS) is 35.5. The van der Waals surface area contributed by atoms with Crippen molar-refractivity contribution in [2.45, 2.75) is 83.8 Å². The lowest BCUT2D eigenvalue weighted by Crippen LogP contribution is -2.53. The third-order valence-corrected chi connectivity index (χ3v) is 6.31. The maximum Gasteiger partial charge on any atom is 0.229 e. The van der Waals surface area contributed by atoms with Crippen LogP contribution in [-0.2, 0) is 14.3 Å². The van der Waals surface area contributed by atoms with Gasteiger partial charge in [-0.15, -0.1) is 0 Å².